The van der Waals surface area contributed by atoms with E-state index in [4.69, 9.17) is 0 Å². The van der Waals surface area contributed by atoms with Crippen molar-refractivity contribution in [2.45, 2.75) is 45.7 Å². The second-order valence-corrected chi connectivity index (χ2v) is 23.5. The van der Waals surface area contributed by atoms with E-state index in [-0.39, 0.29) is 0 Å². The SMILES string of the molecule is Cc1ccc(C[Si](C)(C)[Si](C)(C)C)cc1. The molecule has 1 aromatic rings. The number of rotatable bonds is 3. The summed E-state index contributed by atoms with van der Waals surface area (Å²) < 4.78 is 0. The summed E-state index contributed by atoms with van der Waals surface area (Å²) in [4.78, 5) is 0. The average Bonchev–Trinajstić information content (AvgIpc) is 2.06. The number of hydrogen-bond donors (Lipinski definition) is 0. The molecule has 0 spiro atoms. The second kappa shape index (κ2) is 4.26. The number of benzene rings is 1. The molecule has 2 heteroatoms. The largest absolute Gasteiger partial charge is 0.0715 e. The maximum absolute atomic E-state index is 2.55. The van der Waals surface area contributed by atoms with Crippen LogP contribution in [0.2, 0.25) is 32.7 Å². The number of aryl methyl sites for hydroxylation is 1. The molecule has 0 aliphatic heterocycles. The normalized spacial score (nSPS) is 12.9. The van der Waals surface area contributed by atoms with Gasteiger partial charge in [0.15, 0.2) is 0 Å². The lowest BCUT2D eigenvalue weighted by Crippen LogP contribution is -2.54. The Balaban J connectivity index is 2.82. The minimum absolute atomic E-state index is 0.942. The van der Waals surface area contributed by atoms with Gasteiger partial charge in [0.25, 0.3) is 0 Å². The van der Waals surface area contributed by atoms with Crippen molar-refractivity contribution in [3.63, 3.8) is 0 Å². The molecule has 0 aliphatic carbocycles. The van der Waals surface area contributed by atoms with Crippen LogP contribution in [-0.4, -0.2) is 15.2 Å². The monoisotopic (exact) mass is 236 g/mol. The minimum atomic E-state index is -1.02. The van der Waals surface area contributed by atoms with Crippen LogP contribution in [0.15, 0.2) is 24.3 Å². The van der Waals surface area contributed by atoms with Crippen LogP contribution >= 0.6 is 0 Å². The molecule has 0 fully saturated rings. The van der Waals surface area contributed by atoms with Crippen LogP contribution in [0.1, 0.15) is 11.1 Å². The lowest BCUT2D eigenvalue weighted by atomic mass is 10.2. The molecular formula is C13H24Si2. The molecule has 15 heavy (non-hydrogen) atoms. The summed E-state index contributed by atoms with van der Waals surface area (Å²) in [6.45, 7) is 14.8. The first kappa shape index (κ1) is 12.7. The van der Waals surface area contributed by atoms with Gasteiger partial charge in [-0.1, -0.05) is 68.1 Å². The third-order valence-corrected chi connectivity index (χ3v) is 21.9. The zero-order valence-electron chi connectivity index (χ0n) is 11.0. The van der Waals surface area contributed by atoms with Gasteiger partial charge in [-0.2, -0.15) is 0 Å². The fourth-order valence-corrected chi connectivity index (χ4v) is 5.47. The van der Waals surface area contributed by atoms with E-state index in [0.29, 0.717) is 0 Å². The standard InChI is InChI=1S/C13H24Si2/c1-12-7-9-13(10-8-12)11-15(5,6)14(2,3)4/h7-10H,11H2,1-6H3. The highest BCUT2D eigenvalue weighted by molar-refractivity contribution is 7.40. The molecule has 0 nitrogen and oxygen atoms in total. The van der Waals surface area contributed by atoms with Crippen molar-refractivity contribution in [1.82, 2.24) is 0 Å². The molecule has 0 saturated heterocycles. The molecule has 0 amide bonds. The zero-order chi connectivity index (χ0) is 11.7. The summed E-state index contributed by atoms with van der Waals surface area (Å²) in [6.07, 6.45) is 0. The van der Waals surface area contributed by atoms with Crippen LogP contribution < -0.4 is 0 Å². The molecule has 0 saturated carbocycles. The zero-order valence-corrected chi connectivity index (χ0v) is 13.0. The van der Waals surface area contributed by atoms with E-state index in [9.17, 15) is 0 Å². The summed E-state index contributed by atoms with van der Waals surface area (Å²) >= 11 is 0. The van der Waals surface area contributed by atoms with Crippen LogP contribution in [0.3, 0.4) is 0 Å². The Hall–Kier alpha value is -0.346. The fourth-order valence-electron chi connectivity index (χ4n) is 1.48. The Kier molecular flexibility index (Phi) is 3.61. The molecule has 0 heterocycles. The third kappa shape index (κ3) is 3.31. The molecule has 0 aromatic heterocycles. The van der Waals surface area contributed by atoms with Crippen LogP contribution in [0.4, 0.5) is 0 Å². The Morgan fingerprint density at radius 1 is 0.867 bits per heavy atom. The van der Waals surface area contributed by atoms with Crippen molar-refractivity contribution in [3.8, 4) is 0 Å². The first-order chi connectivity index (χ1) is 6.72. The highest BCUT2D eigenvalue weighted by Crippen LogP contribution is 2.23. The van der Waals surface area contributed by atoms with E-state index in [1.165, 1.54) is 11.6 Å². The van der Waals surface area contributed by atoms with Gasteiger partial charge in [0, 0.05) is 15.2 Å². The Labute approximate surface area is 96.5 Å². The summed E-state index contributed by atoms with van der Waals surface area (Å²) in [5.41, 5.74) is 2.91. The molecule has 1 aromatic carbocycles. The Morgan fingerprint density at radius 2 is 1.33 bits per heavy atom. The Morgan fingerprint density at radius 3 is 1.73 bits per heavy atom. The molecule has 0 atom stereocenters. The molecule has 0 unspecified atom stereocenters. The van der Waals surface area contributed by atoms with Gasteiger partial charge >= 0.3 is 0 Å². The first-order valence-corrected chi connectivity index (χ1v) is 13.5. The summed E-state index contributed by atoms with van der Waals surface area (Å²) in [5, 5.41) is 0. The highest BCUT2D eigenvalue weighted by atomic mass is 29.3. The molecular weight excluding hydrogens is 212 g/mol. The molecule has 1 rings (SSSR count). The van der Waals surface area contributed by atoms with Gasteiger partial charge in [-0.25, -0.2) is 0 Å². The van der Waals surface area contributed by atoms with Crippen molar-refractivity contribution in [1.29, 1.82) is 0 Å². The van der Waals surface area contributed by atoms with Crippen molar-refractivity contribution in [3.05, 3.63) is 35.4 Å². The quantitative estimate of drug-likeness (QED) is 0.690. The van der Waals surface area contributed by atoms with Crippen LogP contribution in [0, 0.1) is 6.92 Å². The minimum Gasteiger partial charge on any atom is -0.0715 e. The van der Waals surface area contributed by atoms with E-state index >= 15 is 0 Å². The van der Waals surface area contributed by atoms with Gasteiger partial charge in [0.05, 0.1) is 0 Å². The molecule has 0 bridgehead atoms. The first-order valence-electron chi connectivity index (χ1n) is 5.78. The topological polar surface area (TPSA) is 0 Å². The maximum Gasteiger partial charge on any atom is 0.0454 e. The predicted octanol–water partition coefficient (Wildman–Crippen LogP) is 4.20. The van der Waals surface area contributed by atoms with Crippen LogP contribution in [-0.2, 0) is 6.04 Å². The molecule has 0 N–H and O–H groups in total. The summed E-state index contributed by atoms with van der Waals surface area (Å²) in [7, 11) is -1.97. The highest BCUT2D eigenvalue weighted by Gasteiger charge is 2.36. The molecule has 0 radical (unpaired) electrons. The van der Waals surface area contributed by atoms with Gasteiger partial charge in [0.2, 0.25) is 0 Å². The number of hydrogen-bond acceptors (Lipinski definition) is 0. The van der Waals surface area contributed by atoms with Crippen molar-refractivity contribution >= 4 is 15.2 Å². The van der Waals surface area contributed by atoms with E-state index in [1.807, 2.05) is 0 Å². The van der Waals surface area contributed by atoms with E-state index < -0.39 is 15.2 Å². The predicted molar refractivity (Wildman–Crippen MR) is 75.7 cm³/mol. The lowest BCUT2D eigenvalue weighted by molar-refractivity contribution is 1.31. The summed E-state index contributed by atoms with van der Waals surface area (Å²) in [5.74, 6) is 0. The van der Waals surface area contributed by atoms with Gasteiger partial charge in [-0.15, -0.1) is 0 Å². The maximum atomic E-state index is 2.55. The van der Waals surface area contributed by atoms with Gasteiger partial charge in [-0.05, 0) is 13.0 Å². The smallest absolute Gasteiger partial charge is 0.0454 e. The van der Waals surface area contributed by atoms with Gasteiger partial charge in [0.1, 0.15) is 0 Å². The van der Waals surface area contributed by atoms with Crippen molar-refractivity contribution in [2.24, 2.45) is 0 Å². The van der Waals surface area contributed by atoms with Crippen LogP contribution in [0.25, 0.3) is 0 Å². The van der Waals surface area contributed by atoms with Gasteiger partial charge < -0.3 is 0 Å². The van der Waals surface area contributed by atoms with E-state index in [1.54, 1.807) is 5.56 Å². The third-order valence-electron chi connectivity index (χ3n) is 3.80. The van der Waals surface area contributed by atoms with Crippen molar-refractivity contribution in [2.75, 3.05) is 0 Å². The molecule has 84 valence electrons. The van der Waals surface area contributed by atoms with Crippen molar-refractivity contribution < 1.29 is 0 Å². The lowest BCUT2D eigenvalue weighted by Gasteiger charge is -2.35. The van der Waals surface area contributed by atoms with Gasteiger partial charge in [-0.3, -0.25) is 0 Å². The average molecular weight is 237 g/mol. The second-order valence-electron chi connectivity index (χ2n) is 6.30. The van der Waals surface area contributed by atoms with E-state index in [0.717, 1.165) is 0 Å². The summed E-state index contributed by atoms with van der Waals surface area (Å²) in [6, 6.07) is 10.4. The Bertz CT molecular complexity index is 317. The fraction of sp³-hybridized carbons (Fsp3) is 0.538. The van der Waals surface area contributed by atoms with E-state index in [2.05, 4.69) is 63.9 Å². The molecule has 0 aliphatic rings. The van der Waals surface area contributed by atoms with Crippen LogP contribution in [0.5, 0.6) is 0 Å².